The fourth-order valence-corrected chi connectivity index (χ4v) is 2.51. The van der Waals surface area contributed by atoms with E-state index < -0.39 is 18.2 Å². The van der Waals surface area contributed by atoms with Crippen LogP contribution in [0.3, 0.4) is 0 Å². The van der Waals surface area contributed by atoms with Gasteiger partial charge < -0.3 is 14.6 Å². The van der Waals surface area contributed by atoms with Gasteiger partial charge in [0.15, 0.2) is 5.78 Å². The second-order valence-electron chi connectivity index (χ2n) is 4.87. The Bertz CT molecular complexity index is 737. The van der Waals surface area contributed by atoms with Gasteiger partial charge in [-0.15, -0.1) is 0 Å². The van der Waals surface area contributed by atoms with Crippen LogP contribution in [0.4, 0.5) is 0 Å². The molecule has 5 heteroatoms. The van der Waals surface area contributed by atoms with Crippen LogP contribution in [0.5, 0.6) is 5.75 Å². The van der Waals surface area contributed by atoms with Gasteiger partial charge in [-0.25, -0.2) is 4.79 Å². The number of hydrogen-bond donors (Lipinski definition) is 1. The molecule has 0 spiro atoms. The first-order valence-corrected chi connectivity index (χ1v) is 6.69. The van der Waals surface area contributed by atoms with Gasteiger partial charge in [-0.2, -0.15) is 0 Å². The van der Waals surface area contributed by atoms with Gasteiger partial charge in [-0.05, 0) is 23.8 Å². The molecular formula is C16H14O5. The highest BCUT2D eigenvalue weighted by Crippen LogP contribution is 2.37. The van der Waals surface area contributed by atoms with Crippen LogP contribution in [0.25, 0.3) is 10.8 Å². The SMILES string of the molecule is CCOC(=O)C1(O)CC(=O)c2c(ccc3ccccc23)O1. The van der Waals surface area contributed by atoms with Gasteiger partial charge in [0.2, 0.25) is 0 Å². The van der Waals surface area contributed by atoms with Crippen molar-refractivity contribution in [3.05, 3.63) is 42.0 Å². The zero-order valence-corrected chi connectivity index (χ0v) is 11.5. The van der Waals surface area contributed by atoms with Crippen LogP contribution in [-0.2, 0) is 9.53 Å². The summed E-state index contributed by atoms with van der Waals surface area (Å²) >= 11 is 0. The van der Waals surface area contributed by atoms with Crippen molar-refractivity contribution >= 4 is 22.5 Å². The van der Waals surface area contributed by atoms with Crippen molar-refractivity contribution in [1.29, 1.82) is 0 Å². The Labute approximate surface area is 121 Å². The third-order valence-corrected chi connectivity index (χ3v) is 3.44. The first-order valence-electron chi connectivity index (χ1n) is 6.69. The molecule has 0 saturated carbocycles. The van der Waals surface area contributed by atoms with Crippen molar-refractivity contribution in [3.63, 3.8) is 0 Å². The molecule has 1 aliphatic rings. The lowest BCUT2D eigenvalue weighted by Crippen LogP contribution is -2.50. The molecule has 2 aromatic rings. The van der Waals surface area contributed by atoms with Gasteiger partial charge in [0.05, 0.1) is 18.6 Å². The summed E-state index contributed by atoms with van der Waals surface area (Å²) in [5.74, 6) is -3.34. The van der Waals surface area contributed by atoms with Gasteiger partial charge in [0.25, 0.3) is 0 Å². The van der Waals surface area contributed by atoms with Crippen molar-refractivity contribution in [2.75, 3.05) is 6.61 Å². The summed E-state index contributed by atoms with van der Waals surface area (Å²) in [6.45, 7) is 1.72. The molecule has 0 saturated heterocycles. The number of benzene rings is 2. The van der Waals surface area contributed by atoms with Crippen molar-refractivity contribution in [2.24, 2.45) is 0 Å². The van der Waals surface area contributed by atoms with Gasteiger partial charge in [-0.1, -0.05) is 30.3 Å². The van der Waals surface area contributed by atoms with Gasteiger partial charge in [-0.3, -0.25) is 4.79 Å². The Balaban J connectivity index is 2.10. The van der Waals surface area contributed by atoms with Crippen molar-refractivity contribution in [3.8, 4) is 5.75 Å². The lowest BCUT2D eigenvalue weighted by molar-refractivity contribution is -0.200. The van der Waals surface area contributed by atoms with Gasteiger partial charge >= 0.3 is 11.8 Å². The maximum absolute atomic E-state index is 12.4. The monoisotopic (exact) mass is 286 g/mol. The molecule has 1 atom stereocenters. The lowest BCUT2D eigenvalue weighted by Gasteiger charge is -2.31. The molecule has 5 nitrogen and oxygen atoms in total. The van der Waals surface area contributed by atoms with Crippen LogP contribution in [-0.4, -0.2) is 29.3 Å². The largest absolute Gasteiger partial charge is 0.461 e. The molecule has 0 aromatic heterocycles. The van der Waals surface area contributed by atoms with E-state index in [1.54, 1.807) is 19.1 Å². The second kappa shape index (κ2) is 4.86. The van der Waals surface area contributed by atoms with Crippen LogP contribution < -0.4 is 4.74 Å². The van der Waals surface area contributed by atoms with Crippen LogP contribution in [0.1, 0.15) is 23.7 Å². The molecule has 2 aromatic carbocycles. The van der Waals surface area contributed by atoms with Crippen molar-refractivity contribution in [1.82, 2.24) is 0 Å². The number of hydrogen-bond acceptors (Lipinski definition) is 5. The van der Waals surface area contributed by atoms with E-state index in [0.29, 0.717) is 5.56 Å². The highest BCUT2D eigenvalue weighted by atomic mass is 16.7. The molecule has 21 heavy (non-hydrogen) atoms. The predicted octanol–water partition coefficient (Wildman–Crippen LogP) is 2.06. The number of ketones is 1. The second-order valence-corrected chi connectivity index (χ2v) is 4.87. The van der Waals surface area contributed by atoms with E-state index in [0.717, 1.165) is 10.8 Å². The number of rotatable bonds is 2. The maximum atomic E-state index is 12.4. The molecule has 1 unspecified atom stereocenters. The van der Waals surface area contributed by atoms with Crippen LogP contribution >= 0.6 is 0 Å². The topological polar surface area (TPSA) is 72.8 Å². The average Bonchev–Trinajstić information content (AvgIpc) is 2.46. The minimum absolute atomic E-state index is 0.100. The Morgan fingerprint density at radius 3 is 2.86 bits per heavy atom. The first-order chi connectivity index (χ1) is 10.0. The highest BCUT2D eigenvalue weighted by Gasteiger charge is 2.47. The fourth-order valence-electron chi connectivity index (χ4n) is 2.51. The lowest BCUT2D eigenvalue weighted by atomic mass is 9.93. The third-order valence-electron chi connectivity index (χ3n) is 3.44. The molecule has 1 aliphatic heterocycles. The molecule has 0 bridgehead atoms. The molecule has 1 N–H and O–H groups in total. The van der Waals surface area contributed by atoms with E-state index in [2.05, 4.69) is 0 Å². The molecule has 3 rings (SSSR count). The highest BCUT2D eigenvalue weighted by molar-refractivity contribution is 6.12. The molecule has 108 valence electrons. The Kier molecular flexibility index (Phi) is 3.14. The number of carbonyl (C=O) groups excluding carboxylic acids is 2. The summed E-state index contributed by atoms with van der Waals surface area (Å²) in [5, 5.41) is 11.9. The fraction of sp³-hybridized carbons (Fsp3) is 0.250. The molecule has 0 amide bonds. The van der Waals surface area contributed by atoms with E-state index in [9.17, 15) is 14.7 Å². The molecule has 0 fully saturated rings. The van der Waals surface area contributed by atoms with Crippen LogP contribution in [0, 0.1) is 0 Å². The van der Waals surface area contributed by atoms with Crippen LogP contribution in [0.2, 0.25) is 0 Å². The zero-order chi connectivity index (χ0) is 15.0. The Morgan fingerprint density at radius 2 is 2.10 bits per heavy atom. The van der Waals surface area contributed by atoms with E-state index in [4.69, 9.17) is 9.47 Å². The van der Waals surface area contributed by atoms with E-state index in [1.807, 2.05) is 24.3 Å². The summed E-state index contributed by atoms with van der Waals surface area (Å²) < 4.78 is 10.1. The Hall–Kier alpha value is -2.40. The summed E-state index contributed by atoms with van der Waals surface area (Å²) in [6.07, 6.45) is -0.452. The van der Waals surface area contributed by atoms with Crippen molar-refractivity contribution < 1.29 is 24.2 Å². The smallest absolute Gasteiger partial charge is 0.380 e. The number of fused-ring (bicyclic) bond motifs is 3. The van der Waals surface area contributed by atoms with Crippen molar-refractivity contribution in [2.45, 2.75) is 19.1 Å². The number of Topliss-reactive ketones (excluding diaryl/α,β-unsaturated/α-hetero) is 1. The number of aliphatic hydroxyl groups is 1. The summed E-state index contributed by atoms with van der Waals surface area (Å²) in [5.41, 5.74) is 0.391. The predicted molar refractivity (Wildman–Crippen MR) is 75.1 cm³/mol. The first kappa shape index (κ1) is 13.6. The maximum Gasteiger partial charge on any atom is 0.380 e. The van der Waals surface area contributed by atoms with E-state index in [1.165, 1.54) is 0 Å². The normalized spacial score (nSPS) is 20.8. The average molecular weight is 286 g/mol. The third kappa shape index (κ3) is 2.15. The summed E-state index contributed by atoms with van der Waals surface area (Å²) in [7, 11) is 0. The van der Waals surface area contributed by atoms with E-state index >= 15 is 0 Å². The number of carbonyl (C=O) groups is 2. The summed E-state index contributed by atoms with van der Waals surface area (Å²) in [6, 6.07) is 10.7. The number of ether oxygens (including phenoxy) is 2. The number of esters is 1. The molecular weight excluding hydrogens is 272 g/mol. The zero-order valence-electron chi connectivity index (χ0n) is 11.5. The summed E-state index contributed by atoms with van der Waals surface area (Å²) in [4.78, 5) is 24.2. The van der Waals surface area contributed by atoms with Gasteiger partial charge in [0.1, 0.15) is 5.75 Å². The Morgan fingerprint density at radius 1 is 1.33 bits per heavy atom. The van der Waals surface area contributed by atoms with E-state index in [-0.39, 0.29) is 18.1 Å². The quantitative estimate of drug-likeness (QED) is 0.855. The standard InChI is InChI=1S/C16H14O5/c1-2-20-15(18)16(19)9-12(17)14-11-6-4-3-5-10(11)7-8-13(14)21-16/h3-8,19H,2,9H2,1H3. The minimum Gasteiger partial charge on any atom is -0.461 e. The minimum atomic E-state index is -2.25. The molecule has 0 aliphatic carbocycles. The molecule has 1 heterocycles. The van der Waals surface area contributed by atoms with Gasteiger partial charge in [0, 0.05) is 0 Å². The van der Waals surface area contributed by atoms with Crippen LogP contribution in [0.15, 0.2) is 36.4 Å². The molecule has 0 radical (unpaired) electrons.